The van der Waals surface area contributed by atoms with Gasteiger partial charge in [0.2, 0.25) is 0 Å². The smallest absolute Gasteiger partial charge is 0.313 e. The predicted octanol–water partition coefficient (Wildman–Crippen LogP) is 1.92. The number of carbonyl (C=O) groups is 3. The van der Waals surface area contributed by atoms with E-state index in [0.29, 0.717) is 23.7 Å². The molecule has 0 radical (unpaired) electrons. The van der Waals surface area contributed by atoms with Gasteiger partial charge in [0, 0.05) is 12.2 Å². The molecule has 1 heterocycles. The predicted molar refractivity (Wildman–Crippen MR) is 99.3 cm³/mol. The van der Waals surface area contributed by atoms with Gasteiger partial charge in [-0.05, 0) is 57.2 Å². The van der Waals surface area contributed by atoms with Gasteiger partial charge in [-0.3, -0.25) is 14.4 Å². The number of aryl methyl sites for hydroxylation is 1. The van der Waals surface area contributed by atoms with Crippen molar-refractivity contribution >= 4 is 23.4 Å². The minimum absolute atomic E-state index is 0.0912. The van der Waals surface area contributed by atoms with Crippen molar-refractivity contribution in [3.8, 4) is 5.75 Å². The molecular weight excluding hydrogens is 350 g/mol. The van der Waals surface area contributed by atoms with Gasteiger partial charge in [-0.1, -0.05) is 0 Å². The second-order valence-electron chi connectivity index (χ2n) is 5.86. The fourth-order valence-electron chi connectivity index (χ4n) is 2.24. The molecule has 0 aliphatic carbocycles. The van der Waals surface area contributed by atoms with Gasteiger partial charge in [-0.25, -0.2) is 0 Å². The summed E-state index contributed by atoms with van der Waals surface area (Å²) in [6.07, 6.45) is 0. The van der Waals surface area contributed by atoms with Gasteiger partial charge < -0.3 is 25.1 Å². The van der Waals surface area contributed by atoms with Crippen molar-refractivity contribution in [3.63, 3.8) is 0 Å². The van der Waals surface area contributed by atoms with Crippen LogP contribution in [0.4, 0.5) is 5.69 Å². The Morgan fingerprint density at radius 3 is 2.37 bits per heavy atom. The third-order valence-electron chi connectivity index (χ3n) is 3.60. The number of furan rings is 1. The minimum atomic E-state index is -0.791. The number of rotatable bonds is 7. The molecule has 0 aliphatic heterocycles. The summed E-state index contributed by atoms with van der Waals surface area (Å²) in [5.41, 5.74) is 0.432. The highest BCUT2D eigenvalue weighted by molar-refractivity contribution is 6.39. The molecule has 2 rings (SSSR count). The second-order valence-corrected chi connectivity index (χ2v) is 5.86. The van der Waals surface area contributed by atoms with Crippen molar-refractivity contribution in [2.75, 3.05) is 18.5 Å². The molecule has 3 amide bonds. The molecule has 2 aromatic rings. The third-order valence-corrected chi connectivity index (χ3v) is 3.60. The molecule has 0 spiro atoms. The normalized spacial score (nSPS) is 11.4. The van der Waals surface area contributed by atoms with E-state index < -0.39 is 17.9 Å². The summed E-state index contributed by atoms with van der Waals surface area (Å²) >= 11 is 0. The number of amides is 3. The monoisotopic (exact) mass is 373 g/mol. The third kappa shape index (κ3) is 6.18. The number of anilines is 1. The van der Waals surface area contributed by atoms with Gasteiger partial charge in [0.15, 0.2) is 6.61 Å². The van der Waals surface area contributed by atoms with E-state index in [1.165, 1.54) is 0 Å². The number of hydrogen-bond donors (Lipinski definition) is 3. The molecular formula is C19H23N3O5. The molecule has 0 saturated heterocycles. The van der Waals surface area contributed by atoms with Gasteiger partial charge in [0.1, 0.15) is 17.3 Å². The Bertz CT molecular complexity index is 798. The largest absolute Gasteiger partial charge is 0.484 e. The maximum atomic E-state index is 12.0. The first kappa shape index (κ1) is 20.0. The lowest BCUT2D eigenvalue weighted by molar-refractivity contribution is -0.136. The Balaban J connectivity index is 1.84. The number of likely N-dealkylation sites (N-methyl/N-ethyl adjacent to an activating group) is 1. The van der Waals surface area contributed by atoms with Gasteiger partial charge in [-0.2, -0.15) is 0 Å². The molecule has 0 unspecified atom stereocenters. The molecule has 0 aliphatic rings. The highest BCUT2D eigenvalue weighted by atomic mass is 16.5. The fraction of sp³-hybridized carbons (Fsp3) is 0.316. The van der Waals surface area contributed by atoms with Crippen molar-refractivity contribution in [1.29, 1.82) is 0 Å². The average molecular weight is 373 g/mol. The number of carbonyl (C=O) groups excluding carboxylic acids is 3. The lowest BCUT2D eigenvalue weighted by atomic mass is 10.2. The summed E-state index contributed by atoms with van der Waals surface area (Å²) < 4.78 is 10.7. The van der Waals surface area contributed by atoms with E-state index in [-0.39, 0.29) is 12.5 Å². The van der Waals surface area contributed by atoms with Gasteiger partial charge in [0.25, 0.3) is 5.91 Å². The molecule has 1 aromatic heterocycles. The molecule has 0 fully saturated rings. The van der Waals surface area contributed by atoms with E-state index in [0.717, 1.165) is 5.76 Å². The standard InChI is InChI=1S/C19H23N3O5/c1-4-20-17(23)11-26-15-8-6-14(7-9-15)22-19(25)18(24)21-13(3)16-10-5-12(2)27-16/h5-10,13H,4,11H2,1-3H3,(H,20,23)(H,21,24)(H,22,25)/t13-/m1/s1. The molecule has 8 heteroatoms. The van der Waals surface area contributed by atoms with Crippen LogP contribution in [-0.2, 0) is 14.4 Å². The zero-order valence-electron chi connectivity index (χ0n) is 15.5. The quantitative estimate of drug-likeness (QED) is 0.643. The van der Waals surface area contributed by atoms with E-state index in [4.69, 9.17) is 9.15 Å². The number of ether oxygens (including phenoxy) is 1. The van der Waals surface area contributed by atoms with Crippen molar-refractivity contribution in [1.82, 2.24) is 10.6 Å². The van der Waals surface area contributed by atoms with Crippen LogP contribution in [0, 0.1) is 6.92 Å². The first-order valence-electron chi connectivity index (χ1n) is 8.56. The molecule has 0 bridgehead atoms. The van der Waals surface area contributed by atoms with Gasteiger partial charge in [-0.15, -0.1) is 0 Å². The zero-order valence-corrected chi connectivity index (χ0v) is 15.5. The van der Waals surface area contributed by atoms with Crippen LogP contribution >= 0.6 is 0 Å². The van der Waals surface area contributed by atoms with Crippen LogP contribution in [0.5, 0.6) is 5.75 Å². The molecule has 1 aromatic carbocycles. The average Bonchev–Trinajstić information content (AvgIpc) is 3.08. The zero-order chi connectivity index (χ0) is 19.8. The Kier molecular flexibility index (Phi) is 6.99. The van der Waals surface area contributed by atoms with Crippen LogP contribution in [0.25, 0.3) is 0 Å². The van der Waals surface area contributed by atoms with Gasteiger partial charge in [0.05, 0.1) is 6.04 Å². The summed E-state index contributed by atoms with van der Waals surface area (Å²) in [6.45, 7) is 5.79. The first-order chi connectivity index (χ1) is 12.9. The maximum Gasteiger partial charge on any atom is 0.313 e. The van der Waals surface area contributed by atoms with E-state index >= 15 is 0 Å². The van der Waals surface area contributed by atoms with Gasteiger partial charge >= 0.3 is 11.8 Å². The van der Waals surface area contributed by atoms with Crippen molar-refractivity contribution in [2.45, 2.75) is 26.8 Å². The Hall–Kier alpha value is -3.29. The lowest BCUT2D eigenvalue weighted by Crippen LogP contribution is -2.36. The van der Waals surface area contributed by atoms with Crippen LogP contribution in [0.15, 0.2) is 40.8 Å². The molecule has 144 valence electrons. The van der Waals surface area contributed by atoms with E-state index in [1.54, 1.807) is 50.2 Å². The highest BCUT2D eigenvalue weighted by Gasteiger charge is 2.19. The maximum absolute atomic E-state index is 12.0. The molecule has 27 heavy (non-hydrogen) atoms. The summed E-state index contributed by atoms with van der Waals surface area (Å²) in [5, 5.41) is 7.69. The van der Waals surface area contributed by atoms with E-state index in [2.05, 4.69) is 16.0 Å². The van der Waals surface area contributed by atoms with Crippen LogP contribution < -0.4 is 20.7 Å². The molecule has 3 N–H and O–H groups in total. The molecule has 1 atom stereocenters. The summed E-state index contributed by atoms with van der Waals surface area (Å²) in [4.78, 5) is 35.4. The van der Waals surface area contributed by atoms with E-state index in [9.17, 15) is 14.4 Å². The topological polar surface area (TPSA) is 110 Å². The van der Waals surface area contributed by atoms with Crippen molar-refractivity contribution in [2.24, 2.45) is 0 Å². The number of benzene rings is 1. The highest BCUT2D eigenvalue weighted by Crippen LogP contribution is 2.17. The number of nitrogens with one attached hydrogen (secondary N) is 3. The summed E-state index contributed by atoms with van der Waals surface area (Å²) in [5.74, 6) is -0.000492. The van der Waals surface area contributed by atoms with E-state index in [1.807, 2.05) is 6.92 Å². The van der Waals surface area contributed by atoms with Crippen LogP contribution in [0.3, 0.4) is 0 Å². The fourth-order valence-corrected chi connectivity index (χ4v) is 2.24. The Labute approximate surface area is 157 Å². The first-order valence-corrected chi connectivity index (χ1v) is 8.56. The molecule has 0 saturated carbocycles. The van der Waals surface area contributed by atoms with Crippen LogP contribution in [0.2, 0.25) is 0 Å². The minimum Gasteiger partial charge on any atom is -0.484 e. The Morgan fingerprint density at radius 2 is 1.78 bits per heavy atom. The Morgan fingerprint density at radius 1 is 1.07 bits per heavy atom. The van der Waals surface area contributed by atoms with Crippen molar-refractivity contribution in [3.05, 3.63) is 47.9 Å². The van der Waals surface area contributed by atoms with Crippen LogP contribution in [-0.4, -0.2) is 30.9 Å². The SMILES string of the molecule is CCNC(=O)COc1ccc(NC(=O)C(=O)N[C@H](C)c2ccc(C)o2)cc1. The number of hydrogen-bond acceptors (Lipinski definition) is 5. The lowest BCUT2D eigenvalue weighted by Gasteiger charge is -2.12. The van der Waals surface area contributed by atoms with Crippen LogP contribution in [0.1, 0.15) is 31.4 Å². The second kappa shape index (κ2) is 9.42. The van der Waals surface area contributed by atoms with Crippen molar-refractivity contribution < 1.29 is 23.5 Å². The summed E-state index contributed by atoms with van der Waals surface area (Å²) in [7, 11) is 0. The molecule has 8 nitrogen and oxygen atoms in total. The summed E-state index contributed by atoms with van der Waals surface area (Å²) in [6, 6.07) is 9.46.